The second-order valence-corrected chi connectivity index (χ2v) is 6.95. The van der Waals surface area contributed by atoms with Crippen molar-refractivity contribution in [2.24, 2.45) is 0 Å². The highest BCUT2D eigenvalue weighted by molar-refractivity contribution is 7.12. The van der Waals surface area contributed by atoms with E-state index in [-0.39, 0.29) is 29.5 Å². The number of nitrogens with zero attached hydrogens (tertiary/aromatic N) is 1. The molecule has 9 nitrogen and oxygen atoms in total. The molecule has 152 valence electrons. The van der Waals surface area contributed by atoms with E-state index in [1.54, 1.807) is 23.6 Å². The third kappa shape index (κ3) is 3.55. The minimum atomic E-state index is -0.654. The van der Waals surface area contributed by atoms with Gasteiger partial charge in [0.05, 0.1) is 18.1 Å². The summed E-state index contributed by atoms with van der Waals surface area (Å²) in [5, 5.41) is 13.1. The average Bonchev–Trinajstić information content (AvgIpc) is 3.49. The molecule has 10 heteroatoms. The highest BCUT2D eigenvalue weighted by Gasteiger charge is 2.26. The van der Waals surface area contributed by atoms with Gasteiger partial charge in [-0.25, -0.2) is 4.79 Å². The van der Waals surface area contributed by atoms with Crippen LogP contribution in [0.15, 0.2) is 46.2 Å². The van der Waals surface area contributed by atoms with Gasteiger partial charge in [-0.1, -0.05) is 0 Å². The molecule has 0 spiro atoms. The van der Waals surface area contributed by atoms with Gasteiger partial charge in [-0.3, -0.25) is 14.9 Å². The number of ether oxygens (including phenoxy) is 3. The molecule has 0 saturated heterocycles. The number of ketones is 1. The normalized spacial score (nSPS) is 12.3. The van der Waals surface area contributed by atoms with Crippen LogP contribution in [0, 0.1) is 10.1 Å². The molecule has 30 heavy (non-hydrogen) atoms. The Kier molecular flexibility index (Phi) is 5.07. The van der Waals surface area contributed by atoms with Crippen molar-refractivity contribution in [1.82, 2.24) is 0 Å². The third-order valence-electron chi connectivity index (χ3n) is 4.28. The first-order chi connectivity index (χ1) is 14.5. The van der Waals surface area contributed by atoms with E-state index in [1.807, 2.05) is 0 Å². The van der Waals surface area contributed by atoms with Crippen molar-refractivity contribution in [2.45, 2.75) is 0 Å². The second kappa shape index (κ2) is 7.84. The minimum Gasteiger partial charge on any atom is -0.465 e. The van der Waals surface area contributed by atoms with Crippen LogP contribution in [0.4, 0.5) is 5.69 Å². The lowest BCUT2D eigenvalue weighted by molar-refractivity contribution is -0.385. The molecule has 0 N–H and O–H groups in total. The molecule has 0 bridgehead atoms. The van der Waals surface area contributed by atoms with Crippen molar-refractivity contribution >= 4 is 34.9 Å². The molecule has 0 fully saturated rings. The first kappa shape index (κ1) is 19.4. The number of carbonyl (C=O) groups excluding carboxylic acids is 2. The topological polar surface area (TPSA) is 118 Å². The molecule has 0 unspecified atom stereocenters. The zero-order chi connectivity index (χ0) is 21.3. The van der Waals surface area contributed by atoms with E-state index in [9.17, 15) is 19.7 Å². The molecular weight excluding hydrogens is 414 g/mol. The number of thiophene rings is 1. The number of esters is 1. The number of allylic oxidation sites excluding steroid dienone is 1. The number of hydrogen-bond acceptors (Lipinski definition) is 9. The molecule has 0 radical (unpaired) electrons. The standard InChI is InChI=1S/C20H13NO8S/c1-26-20(23)19-12(6-7-30-19)16-5-3-11(29-16)2-4-15(22)13-8-17-18(28-10-27-17)9-14(13)21(24)25/h2-9H,10H2,1H3. The summed E-state index contributed by atoms with van der Waals surface area (Å²) in [6.07, 6.45) is 2.56. The lowest BCUT2D eigenvalue weighted by atomic mass is 10.1. The van der Waals surface area contributed by atoms with E-state index < -0.39 is 16.7 Å². The van der Waals surface area contributed by atoms with Gasteiger partial charge >= 0.3 is 5.97 Å². The van der Waals surface area contributed by atoms with Gasteiger partial charge in [-0.05, 0) is 35.7 Å². The molecule has 1 aromatic carbocycles. The Labute approximate surface area is 173 Å². The van der Waals surface area contributed by atoms with Crippen molar-refractivity contribution < 1.29 is 33.1 Å². The summed E-state index contributed by atoms with van der Waals surface area (Å²) in [6, 6.07) is 7.45. The maximum Gasteiger partial charge on any atom is 0.348 e. The van der Waals surface area contributed by atoms with E-state index in [1.165, 1.54) is 42.7 Å². The summed E-state index contributed by atoms with van der Waals surface area (Å²) in [5.41, 5.74) is 0.0670. The molecule has 1 aliphatic rings. The lowest BCUT2D eigenvalue weighted by Crippen LogP contribution is -2.01. The molecular formula is C20H13NO8S. The highest BCUT2D eigenvalue weighted by Crippen LogP contribution is 2.38. The molecule has 0 aliphatic carbocycles. The second-order valence-electron chi connectivity index (χ2n) is 6.03. The Bertz CT molecular complexity index is 1190. The van der Waals surface area contributed by atoms with Crippen molar-refractivity contribution in [1.29, 1.82) is 0 Å². The number of methoxy groups -OCH3 is 1. The monoisotopic (exact) mass is 427 g/mol. The fourth-order valence-electron chi connectivity index (χ4n) is 2.87. The molecule has 0 atom stereocenters. The quantitative estimate of drug-likeness (QED) is 0.188. The molecule has 1 aliphatic heterocycles. The van der Waals surface area contributed by atoms with Crippen LogP contribution in [0.2, 0.25) is 0 Å². The van der Waals surface area contributed by atoms with Crippen LogP contribution in [-0.4, -0.2) is 30.6 Å². The molecule has 0 saturated carbocycles. The zero-order valence-corrected chi connectivity index (χ0v) is 16.3. The van der Waals surface area contributed by atoms with Crippen LogP contribution in [0.25, 0.3) is 17.4 Å². The maximum atomic E-state index is 12.6. The number of rotatable bonds is 6. The van der Waals surface area contributed by atoms with Gasteiger partial charge < -0.3 is 18.6 Å². The predicted molar refractivity (Wildman–Crippen MR) is 106 cm³/mol. The van der Waals surface area contributed by atoms with Gasteiger partial charge in [0, 0.05) is 11.6 Å². The van der Waals surface area contributed by atoms with Crippen molar-refractivity contribution in [3.63, 3.8) is 0 Å². The lowest BCUT2D eigenvalue weighted by Gasteiger charge is -2.01. The molecule has 3 heterocycles. The Morgan fingerprint density at radius 1 is 1.20 bits per heavy atom. The smallest absolute Gasteiger partial charge is 0.348 e. The van der Waals surface area contributed by atoms with Gasteiger partial charge in [0.15, 0.2) is 17.3 Å². The van der Waals surface area contributed by atoms with Crippen LogP contribution in [0.1, 0.15) is 25.8 Å². The summed E-state index contributed by atoms with van der Waals surface area (Å²) in [7, 11) is 1.29. The van der Waals surface area contributed by atoms with E-state index in [2.05, 4.69) is 0 Å². The summed E-state index contributed by atoms with van der Waals surface area (Å²) >= 11 is 1.22. The van der Waals surface area contributed by atoms with E-state index in [0.29, 0.717) is 22.0 Å². The molecule has 2 aromatic heterocycles. The van der Waals surface area contributed by atoms with Gasteiger partial charge in [0.25, 0.3) is 5.69 Å². The first-order valence-electron chi connectivity index (χ1n) is 8.54. The van der Waals surface area contributed by atoms with Crippen LogP contribution >= 0.6 is 11.3 Å². The third-order valence-corrected chi connectivity index (χ3v) is 5.17. The molecule has 4 rings (SSSR count). The number of fused-ring (bicyclic) bond motifs is 1. The van der Waals surface area contributed by atoms with Gasteiger partial charge in [0.1, 0.15) is 22.0 Å². The van der Waals surface area contributed by atoms with Crippen molar-refractivity contribution in [3.8, 4) is 22.8 Å². The number of carbonyl (C=O) groups is 2. The van der Waals surface area contributed by atoms with Gasteiger partial charge in [0.2, 0.25) is 6.79 Å². The van der Waals surface area contributed by atoms with E-state index in [4.69, 9.17) is 18.6 Å². The fourth-order valence-corrected chi connectivity index (χ4v) is 3.68. The molecule has 3 aromatic rings. The van der Waals surface area contributed by atoms with Crippen molar-refractivity contribution in [3.05, 3.63) is 68.1 Å². The summed E-state index contributed by atoms with van der Waals surface area (Å²) in [4.78, 5) is 35.5. The number of hydrogen-bond donors (Lipinski definition) is 0. The van der Waals surface area contributed by atoms with Crippen molar-refractivity contribution in [2.75, 3.05) is 13.9 Å². The molecule has 0 amide bonds. The van der Waals surface area contributed by atoms with Crippen LogP contribution in [-0.2, 0) is 4.74 Å². The Morgan fingerprint density at radius 3 is 2.70 bits per heavy atom. The van der Waals surface area contributed by atoms with Crippen LogP contribution < -0.4 is 9.47 Å². The first-order valence-corrected chi connectivity index (χ1v) is 9.42. The highest BCUT2D eigenvalue weighted by atomic mass is 32.1. The largest absolute Gasteiger partial charge is 0.465 e. The van der Waals surface area contributed by atoms with Crippen LogP contribution in [0.3, 0.4) is 0 Å². The average molecular weight is 427 g/mol. The Hall–Kier alpha value is -3.92. The van der Waals surface area contributed by atoms with E-state index >= 15 is 0 Å². The number of nitro benzene ring substituents is 1. The number of furan rings is 1. The Balaban J connectivity index is 1.59. The summed E-state index contributed by atoms with van der Waals surface area (Å²) < 4.78 is 20.8. The Morgan fingerprint density at radius 2 is 1.97 bits per heavy atom. The SMILES string of the molecule is COC(=O)c1sccc1-c1ccc(C=CC(=O)c2cc3c(cc2[N+](=O)[O-])OCO3)o1. The minimum absolute atomic E-state index is 0.0642. The van der Waals surface area contributed by atoms with Crippen LogP contribution in [0.5, 0.6) is 11.5 Å². The summed E-state index contributed by atoms with van der Waals surface area (Å²) in [5.74, 6) is 0.185. The number of benzene rings is 1. The van der Waals surface area contributed by atoms with Gasteiger partial charge in [-0.2, -0.15) is 0 Å². The van der Waals surface area contributed by atoms with E-state index in [0.717, 1.165) is 0 Å². The summed E-state index contributed by atoms with van der Waals surface area (Å²) in [6.45, 7) is -0.0642. The zero-order valence-electron chi connectivity index (χ0n) is 15.4. The fraction of sp³-hybridized carbons (Fsp3) is 0.100. The maximum absolute atomic E-state index is 12.6. The van der Waals surface area contributed by atoms with Gasteiger partial charge in [-0.15, -0.1) is 11.3 Å². The number of nitro groups is 1. The predicted octanol–water partition coefficient (Wildman–Crippen LogP) is 4.33.